The summed E-state index contributed by atoms with van der Waals surface area (Å²) in [7, 11) is 0. The lowest BCUT2D eigenvalue weighted by Crippen LogP contribution is -2.57. The molecular weight excluding hydrogens is 504 g/mol. The molecule has 3 rings (SSSR count). The number of alkyl halides is 12. The van der Waals surface area contributed by atoms with E-state index in [1.165, 1.54) is 0 Å². The molecule has 0 spiro atoms. The van der Waals surface area contributed by atoms with Crippen molar-refractivity contribution in [1.29, 1.82) is 0 Å². The summed E-state index contributed by atoms with van der Waals surface area (Å²) in [6, 6.07) is 0. The largest absolute Gasteiger partial charge is 0.395 e. The molecule has 3 fully saturated rings. The van der Waals surface area contributed by atoms with E-state index in [2.05, 4.69) is 0 Å². The first kappa shape index (κ1) is 28.7. The Balaban J connectivity index is 1.94. The fourth-order valence-electron chi connectivity index (χ4n) is 7.39. The molecule has 0 N–H and O–H groups in total. The number of halogens is 12. The highest BCUT2D eigenvalue weighted by atomic mass is 19.4. The lowest BCUT2D eigenvalue weighted by Gasteiger charge is -2.56. The SMILES string of the molecule is FC(F)(F)C1CCC(C(C2CCC(C(F)(F)F)CC2)(C2CCC(C(F)(F)F)CC2)C(F)(F)F)CC1. The number of rotatable bonds is 3. The summed E-state index contributed by atoms with van der Waals surface area (Å²) in [5.74, 6) is -8.98. The van der Waals surface area contributed by atoms with Crippen LogP contribution in [-0.4, -0.2) is 24.7 Å². The molecule has 3 aliphatic rings. The first-order valence-corrected chi connectivity index (χ1v) is 12.1. The fraction of sp³-hybridized carbons (Fsp3) is 1.00. The average molecular weight is 534 g/mol. The van der Waals surface area contributed by atoms with E-state index in [1.54, 1.807) is 0 Å². The quantitative estimate of drug-likeness (QED) is 0.316. The summed E-state index contributed by atoms with van der Waals surface area (Å²) in [6.07, 6.45) is -24.0. The van der Waals surface area contributed by atoms with Gasteiger partial charge in [-0.1, -0.05) is 0 Å². The van der Waals surface area contributed by atoms with Crippen LogP contribution in [0.3, 0.4) is 0 Å². The van der Waals surface area contributed by atoms with E-state index in [0.717, 1.165) is 0 Å². The highest BCUT2D eigenvalue weighted by Gasteiger charge is 2.67. The van der Waals surface area contributed by atoms with Crippen molar-refractivity contribution in [2.75, 3.05) is 0 Å². The summed E-state index contributed by atoms with van der Waals surface area (Å²) in [4.78, 5) is 0. The zero-order chi connectivity index (χ0) is 26.4. The molecule has 0 heterocycles. The third-order valence-corrected chi connectivity index (χ3v) is 9.09. The third-order valence-electron chi connectivity index (χ3n) is 9.09. The molecule has 0 aromatic heterocycles. The van der Waals surface area contributed by atoms with Gasteiger partial charge < -0.3 is 0 Å². The first-order chi connectivity index (χ1) is 15.9. The van der Waals surface area contributed by atoms with Crippen LogP contribution in [-0.2, 0) is 0 Å². The zero-order valence-electron chi connectivity index (χ0n) is 19.0. The standard InChI is InChI=1S/C23H30F12/c24-20(25,26)16-7-1-13(2-8-16)19(23(33,34)35,14-3-9-17(10-4-14)21(27,28)29)15-5-11-18(12-6-15)22(30,31)32/h13-18H,1-12H2. The van der Waals surface area contributed by atoms with Crippen molar-refractivity contribution >= 4 is 0 Å². The van der Waals surface area contributed by atoms with Crippen LogP contribution in [0.15, 0.2) is 0 Å². The van der Waals surface area contributed by atoms with E-state index in [-0.39, 0.29) is 38.5 Å². The van der Waals surface area contributed by atoms with Gasteiger partial charge in [-0.3, -0.25) is 0 Å². The lowest BCUT2D eigenvalue weighted by atomic mass is 9.49. The predicted octanol–water partition coefficient (Wildman–Crippen LogP) is 9.64. The minimum absolute atomic E-state index is 0.387. The average Bonchev–Trinajstić information content (AvgIpc) is 2.72. The van der Waals surface area contributed by atoms with E-state index < -0.39 is 104 Å². The molecule has 0 aromatic rings. The molecule has 0 bridgehead atoms. The van der Waals surface area contributed by atoms with Gasteiger partial charge in [0.05, 0.1) is 23.2 Å². The van der Waals surface area contributed by atoms with Crippen LogP contribution >= 0.6 is 0 Å². The molecule has 0 aliphatic heterocycles. The Morgan fingerprint density at radius 2 is 0.457 bits per heavy atom. The second kappa shape index (κ2) is 9.80. The van der Waals surface area contributed by atoms with E-state index in [4.69, 9.17) is 0 Å². The smallest absolute Gasteiger partial charge is 0.171 e. The van der Waals surface area contributed by atoms with Gasteiger partial charge in [0.25, 0.3) is 0 Å². The van der Waals surface area contributed by atoms with Gasteiger partial charge in [-0.2, -0.15) is 52.7 Å². The van der Waals surface area contributed by atoms with Crippen LogP contribution in [0.1, 0.15) is 77.0 Å². The minimum Gasteiger partial charge on any atom is -0.171 e. The van der Waals surface area contributed by atoms with Gasteiger partial charge in [-0.25, -0.2) is 0 Å². The van der Waals surface area contributed by atoms with Gasteiger partial charge in [0.1, 0.15) is 0 Å². The molecule has 3 saturated carbocycles. The van der Waals surface area contributed by atoms with Gasteiger partial charge in [0.2, 0.25) is 0 Å². The van der Waals surface area contributed by atoms with Crippen molar-refractivity contribution in [3.8, 4) is 0 Å². The summed E-state index contributed by atoms with van der Waals surface area (Å²) in [5.41, 5.74) is -2.57. The highest BCUT2D eigenvalue weighted by molar-refractivity contribution is 5.05. The number of hydrogen-bond donors (Lipinski definition) is 0. The molecule has 35 heavy (non-hydrogen) atoms. The Kier molecular flexibility index (Phi) is 8.04. The molecule has 0 saturated heterocycles. The van der Waals surface area contributed by atoms with Crippen LogP contribution in [0.25, 0.3) is 0 Å². The van der Waals surface area contributed by atoms with Crippen LogP contribution in [0, 0.1) is 40.9 Å². The maximum Gasteiger partial charge on any atom is 0.395 e. The molecule has 0 unspecified atom stereocenters. The molecule has 3 aliphatic carbocycles. The third kappa shape index (κ3) is 5.85. The van der Waals surface area contributed by atoms with Crippen molar-refractivity contribution in [1.82, 2.24) is 0 Å². The first-order valence-electron chi connectivity index (χ1n) is 12.1. The molecule has 0 aromatic carbocycles. The van der Waals surface area contributed by atoms with Gasteiger partial charge in [-0.05, 0) is 94.8 Å². The maximum absolute atomic E-state index is 15.1. The minimum atomic E-state index is -4.95. The topological polar surface area (TPSA) is 0 Å². The van der Waals surface area contributed by atoms with Gasteiger partial charge in [0, 0.05) is 0 Å². The Morgan fingerprint density at radius 3 is 0.600 bits per heavy atom. The monoisotopic (exact) mass is 534 g/mol. The molecule has 0 amide bonds. The summed E-state index contributed by atoms with van der Waals surface area (Å²) < 4.78 is 164. The van der Waals surface area contributed by atoms with E-state index >= 15 is 13.2 Å². The molecule has 0 atom stereocenters. The normalized spacial score (nSPS) is 36.0. The van der Waals surface area contributed by atoms with Crippen LogP contribution in [0.2, 0.25) is 0 Å². The second-order valence-corrected chi connectivity index (χ2v) is 10.7. The Hall–Kier alpha value is -0.840. The van der Waals surface area contributed by atoms with Crippen molar-refractivity contribution in [2.45, 2.75) is 102 Å². The highest BCUT2D eigenvalue weighted by Crippen LogP contribution is 2.65. The Labute approximate surface area is 196 Å². The van der Waals surface area contributed by atoms with Gasteiger partial charge in [-0.15, -0.1) is 0 Å². The molecule has 12 heteroatoms. The van der Waals surface area contributed by atoms with Gasteiger partial charge in [0.15, 0.2) is 0 Å². The van der Waals surface area contributed by atoms with Crippen LogP contribution in [0.4, 0.5) is 52.7 Å². The molecule has 0 radical (unpaired) electrons. The van der Waals surface area contributed by atoms with Crippen molar-refractivity contribution in [2.24, 2.45) is 40.9 Å². The predicted molar refractivity (Wildman–Crippen MR) is 103 cm³/mol. The van der Waals surface area contributed by atoms with Crippen molar-refractivity contribution in [3.05, 3.63) is 0 Å². The van der Waals surface area contributed by atoms with Crippen molar-refractivity contribution in [3.63, 3.8) is 0 Å². The molecule has 0 nitrogen and oxygen atoms in total. The Morgan fingerprint density at radius 1 is 0.286 bits per heavy atom. The summed E-state index contributed by atoms with van der Waals surface area (Å²) in [6.45, 7) is 0. The molecule has 206 valence electrons. The van der Waals surface area contributed by atoms with Crippen LogP contribution in [0.5, 0.6) is 0 Å². The lowest BCUT2D eigenvalue weighted by molar-refractivity contribution is -0.304. The van der Waals surface area contributed by atoms with E-state index in [9.17, 15) is 39.5 Å². The van der Waals surface area contributed by atoms with Crippen molar-refractivity contribution < 1.29 is 52.7 Å². The number of hydrogen-bond acceptors (Lipinski definition) is 0. The van der Waals surface area contributed by atoms with Crippen LogP contribution < -0.4 is 0 Å². The van der Waals surface area contributed by atoms with Gasteiger partial charge >= 0.3 is 24.7 Å². The fourth-order valence-corrected chi connectivity index (χ4v) is 7.39. The second-order valence-electron chi connectivity index (χ2n) is 10.7. The summed E-state index contributed by atoms with van der Waals surface area (Å²) in [5, 5.41) is 0. The summed E-state index contributed by atoms with van der Waals surface area (Å²) >= 11 is 0. The van der Waals surface area contributed by atoms with E-state index in [0.29, 0.717) is 0 Å². The zero-order valence-corrected chi connectivity index (χ0v) is 19.0. The Bertz CT molecular complexity index is 594. The molecular formula is C23H30F12. The maximum atomic E-state index is 15.1. The van der Waals surface area contributed by atoms with E-state index in [1.807, 2.05) is 0 Å².